The third kappa shape index (κ3) is 4.47. The van der Waals surface area contributed by atoms with Crippen molar-refractivity contribution in [2.75, 3.05) is 13.1 Å². The summed E-state index contributed by atoms with van der Waals surface area (Å²) in [5.74, 6) is 1.15. The lowest BCUT2D eigenvalue weighted by Crippen LogP contribution is -2.32. The fraction of sp³-hybridized carbons (Fsp3) is 0.833. The van der Waals surface area contributed by atoms with Gasteiger partial charge in [-0.05, 0) is 43.2 Å². The maximum absolute atomic E-state index is 11.9. The van der Waals surface area contributed by atoms with Gasteiger partial charge in [-0.2, -0.15) is 0 Å². The van der Waals surface area contributed by atoms with Crippen LogP contribution in [0.1, 0.15) is 33.6 Å². The second-order valence-electron chi connectivity index (χ2n) is 4.71. The molecule has 1 rings (SSSR count). The van der Waals surface area contributed by atoms with Crippen LogP contribution >= 0.6 is 0 Å². The Morgan fingerprint density at radius 3 is 2.40 bits per heavy atom. The van der Waals surface area contributed by atoms with Gasteiger partial charge in [-0.3, -0.25) is 4.21 Å². The Morgan fingerprint density at radius 2 is 1.87 bits per heavy atom. The summed E-state index contributed by atoms with van der Waals surface area (Å²) in [5, 5.41) is 5.59. The summed E-state index contributed by atoms with van der Waals surface area (Å²) in [6.07, 6.45) is 4.21. The molecule has 1 fully saturated rings. The summed E-state index contributed by atoms with van der Waals surface area (Å²) in [7, 11) is -0.764. The molecule has 0 aliphatic carbocycles. The molecule has 3 heteroatoms. The highest BCUT2D eigenvalue weighted by atomic mass is 32.2. The fourth-order valence-corrected chi connectivity index (χ4v) is 2.89. The zero-order chi connectivity index (χ0) is 11.3. The van der Waals surface area contributed by atoms with Gasteiger partial charge in [0.2, 0.25) is 0 Å². The number of hydrogen-bond donors (Lipinski definition) is 1. The van der Waals surface area contributed by atoms with Crippen molar-refractivity contribution in [1.82, 2.24) is 5.32 Å². The zero-order valence-electron chi connectivity index (χ0n) is 10.0. The van der Waals surface area contributed by atoms with Crippen molar-refractivity contribution < 1.29 is 4.21 Å². The van der Waals surface area contributed by atoms with Crippen LogP contribution in [0.4, 0.5) is 0 Å². The molecule has 0 amide bonds. The van der Waals surface area contributed by atoms with E-state index in [1.165, 1.54) is 0 Å². The van der Waals surface area contributed by atoms with Crippen LogP contribution in [-0.2, 0) is 10.8 Å². The largest absolute Gasteiger partial charge is 0.317 e. The summed E-state index contributed by atoms with van der Waals surface area (Å²) >= 11 is 0. The molecule has 0 radical (unpaired) electrons. The highest BCUT2D eigenvalue weighted by molar-refractivity contribution is 7.88. The maximum atomic E-state index is 11.9. The smallest absolute Gasteiger partial charge is 0.0485 e. The molecule has 0 aromatic heterocycles. The third-order valence-electron chi connectivity index (χ3n) is 3.18. The average Bonchev–Trinajstić information content (AvgIpc) is 2.26. The van der Waals surface area contributed by atoms with E-state index in [9.17, 15) is 4.21 Å². The molecule has 2 unspecified atom stereocenters. The Kier molecular flexibility index (Phi) is 5.54. The van der Waals surface area contributed by atoms with Gasteiger partial charge < -0.3 is 5.32 Å². The average molecular weight is 229 g/mol. The lowest BCUT2D eigenvalue weighted by Gasteiger charge is -2.20. The first kappa shape index (κ1) is 12.9. The standard InChI is InChI=1S/C12H23NOS/c1-10(2)11(3)6-9-15(14)12-4-7-13-8-5-12/h6,9-13H,4-5,7-8H2,1-3H3/b9-6-. The molecule has 0 bridgehead atoms. The summed E-state index contributed by atoms with van der Waals surface area (Å²) in [5.41, 5.74) is 0. The van der Waals surface area contributed by atoms with E-state index in [4.69, 9.17) is 0 Å². The second kappa shape index (κ2) is 6.44. The molecule has 1 saturated heterocycles. The summed E-state index contributed by atoms with van der Waals surface area (Å²) in [6.45, 7) is 8.61. The molecular weight excluding hydrogens is 206 g/mol. The first-order chi connectivity index (χ1) is 7.11. The lowest BCUT2D eigenvalue weighted by molar-refractivity contribution is 0.504. The highest BCUT2D eigenvalue weighted by Gasteiger charge is 2.17. The molecule has 2 atom stereocenters. The van der Waals surface area contributed by atoms with Gasteiger partial charge in [0.1, 0.15) is 0 Å². The Morgan fingerprint density at radius 1 is 1.27 bits per heavy atom. The molecule has 0 aromatic rings. The normalized spacial score (nSPS) is 23.5. The second-order valence-corrected chi connectivity index (χ2v) is 6.31. The summed E-state index contributed by atoms with van der Waals surface area (Å²) in [6, 6.07) is 0. The number of hydrogen-bond acceptors (Lipinski definition) is 2. The van der Waals surface area contributed by atoms with Crippen LogP contribution in [0.5, 0.6) is 0 Å². The lowest BCUT2D eigenvalue weighted by atomic mass is 9.99. The molecule has 0 aromatic carbocycles. The van der Waals surface area contributed by atoms with Crippen molar-refractivity contribution in [3.8, 4) is 0 Å². The molecule has 2 nitrogen and oxygen atoms in total. The van der Waals surface area contributed by atoms with Gasteiger partial charge in [0.25, 0.3) is 0 Å². The van der Waals surface area contributed by atoms with Crippen molar-refractivity contribution >= 4 is 10.8 Å². The highest BCUT2D eigenvalue weighted by Crippen LogP contribution is 2.15. The van der Waals surface area contributed by atoms with E-state index in [1.54, 1.807) is 0 Å². The van der Waals surface area contributed by atoms with Crippen LogP contribution < -0.4 is 5.32 Å². The minimum absolute atomic E-state index is 0.377. The fourth-order valence-electron chi connectivity index (χ4n) is 1.56. The van der Waals surface area contributed by atoms with Crippen molar-refractivity contribution in [3.63, 3.8) is 0 Å². The predicted octanol–water partition coefficient (Wildman–Crippen LogP) is 2.29. The van der Waals surface area contributed by atoms with E-state index < -0.39 is 10.8 Å². The molecular formula is C12H23NOS. The quantitative estimate of drug-likeness (QED) is 0.801. The van der Waals surface area contributed by atoms with Crippen molar-refractivity contribution in [2.24, 2.45) is 11.8 Å². The molecule has 0 saturated carbocycles. The van der Waals surface area contributed by atoms with Crippen LogP contribution in [0.25, 0.3) is 0 Å². The molecule has 1 aliphatic rings. The van der Waals surface area contributed by atoms with Crippen molar-refractivity contribution in [3.05, 3.63) is 11.5 Å². The van der Waals surface area contributed by atoms with Gasteiger partial charge in [-0.25, -0.2) is 0 Å². The number of piperidine rings is 1. The third-order valence-corrected chi connectivity index (χ3v) is 4.74. The Hall–Kier alpha value is -0.150. The molecule has 0 spiro atoms. The van der Waals surface area contributed by atoms with Gasteiger partial charge in [0.15, 0.2) is 0 Å². The molecule has 1 heterocycles. The van der Waals surface area contributed by atoms with E-state index in [1.807, 2.05) is 5.41 Å². The van der Waals surface area contributed by atoms with Crippen molar-refractivity contribution in [1.29, 1.82) is 0 Å². The predicted molar refractivity (Wildman–Crippen MR) is 67.2 cm³/mol. The van der Waals surface area contributed by atoms with E-state index >= 15 is 0 Å². The SMILES string of the molecule is CC(C)C(C)/C=C\S(=O)C1CCNCC1. The Labute approximate surface area is 96.0 Å². The Balaban J connectivity index is 2.39. The molecule has 88 valence electrons. The minimum atomic E-state index is -0.764. The monoisotopic (exact) mass is 229 g/mol. The molecule has 1 N–H and O–H groups in total. The summed E-state index contributed by atoms with van der Waals surface area (Å²) < 4.78 is 11.9. The van der Waals surface area contributed by atoms with Crippen LogP contribution in [0, 0.1) is 11.8 Å². The maximum Gasteiger partial charge on any atom is 0.0485 e. The van der Waals surface area contributed by atoms with E-state index in [0.29, 0.717) is 17.1 Å². The van der Waals surface area contributed by atoms with Gasteiger partial charge in [0, 0.05) is 16.0 Å². The molecule has 1 aliphatic heterocycles. The minimum Gasteiger partial charge on any atom is -0.317 e. The van der Waals surface area contributed by atoms with Crippen LogP contribution in [0.15, 0.2) is 11.5 Å². The van der Waals surface area contributed by atoms with Crippen LogP contribution in [-0.4, -0.2) is 22.5 Å². The van der Waals surface area contributed by atoms with Gasteiger partial charge in [-0.15, -0.1) is 0 Å². The zero-order valence-corrected chi connectivity index (χ0v) is 10.8. The van der Waals surface area contributed by atoms with Crippen molar-refractivity contribution in [2.45, 2.75) is 38.9 Å². The van der Waals surface area contributed by atoms with Gasteiger partial charge in [-0.1, -0.05) is 26.8 Å². The van der Waals surface area contributed by atoms with Crippen LogP contribution in [0.2, 0.25) is 0 Å². The van der Waals surface area contributed by atoms with Gasteiger partial charge in [0.05, 0.1) is 0 Å². The first-order valence-corrected chi connectivity index (χ1v) is 7.17. The van der Waals surface area contributed by atoms with E-state index in [-0.39, 0.29) is 0 Å². The van der Waals surface area contributed by atoms with E-state index in [0.717, 1.165) is 25.9 Å². The molecule has 15 heavy (non-hydrogen) atoms. The van der Waals surface area contributed by atoms with Crippen LogP contribution in [0.3, 0.4) is 0 Å². The number of rotatable bonds is 4. The van der Waals surface area contributed by atoms with Gasteiger partial charge >= 0.3 is 0 Å². The topological polar surface area (TPSA) is 29.1 Å². The number of allylic oxidation sites excluding steroid dienone is 1. The first-order valence-electron chi connectivity index (χ1n) is 5.89. The van der Waals surface area contributed by atoms with E-state index in [2.05, 4.69) is 32.2 Å². The number of nitrogens with one attached hydrogen (secondary N) is 1. The summed E-state index contributed by atoms with van der Waals surface area (Å²) in [4.78, 5) is 0. The Bertz CT molecular complexity index is 232.